The first-order chi connectivity index (χ1) is 12.6. The molecule has 1 heterocycles. The number of aliphatic imine (C=N–C) groups is 1. The summed E-state index contributed by atoms with van der Waals surface area (Å²) in [6.45, 7) is 10.8. The molecule has 1 aromatic rings. The first-order valence-electron chi connectivity index (χ1n) is 10.0. The molecular weight excluding hydrogens is 451 g/mol. The molecule has 0 spiro atoms. The number of benzene rings is 1. The molecule has 0 saturated carbocycles. The molecule has 5 nitrogen and oxygen atoms in total. The first-order valence-corrected chi connectivity index (χ1v) is 10.0. The summed E-state index contributed by atoms with van der Waals surface area (Å²) in [5.74, 6) is 1.87. The fourth-order valence-corrected chi connectivity index (χ4v) is 3.34. The molecule has 1 aliphatic heterocycles. The minimum Gasteiger partial charge on any atom is -0.497 e. The summed E-state index contributed by atoms with van der Waals surface area (Å²) in [4.78, 5) is 7.32. The first kappa shape index (κ1) is 24.0. The minimum atomic E-state index is 0. The van der Waals surface area contributed by atoms with Crippen molar-refractivity contribution in [2.75, 3.05) is 33.3 Å². The monoisotopic (exact) mass is 488 g/mol. The van der Waals surface area contributed by atoms with Crippen LogP contribution >= 0.6 is 24.0 Å². The Kier molecular flexibility index (Phi) is 11.7. The molecule has 0 aliphatic carbocycles. The van der Waals surface area contributed by atoms with E-state index < -0.39 is 0 Å². The Morgan fingerprint density at radius 2 is 1.89 bits per heavy atom. The second-order valence-corrected chi connectivity index (χ2v) is 7.26. The van der Waals surface area contributed by atoms with E-state index in [0.717, 1.165) is 37.6 Å². The van der Waals surface area contributed by atoms with Crippen LogP contribution in [-0.2, 0) is 6.42 Å². The van der Waals surface area contributed by atoms with E-state index in [4.69, 9.17) is 9.73 Å². The maximum atomic E-state index is 5.20. The number of ether oxygens (including phenoxy) is 1. The molecule has 154 valence electrons. The lowest BCUT2D eigenvalue weighted by Gasteiger charge is -2.35. The average Bonchev–Trinajstić information content (AvgIpc) is 2.66. The fraction of sp³-hybridized carbons (Fsp3) is 0.667. The summed E-state index contributed by atoms with van der Waals surface area (Å²) < 4.78 is 5.20. The summed E-state index contributed by atoms with van der Waals surface area (Å²) in [6, 6.07) is 9.49. The Morgan fingerprint density at radius 1 is 1.22 bits per heavy atom. The van der Waals surface area contributed by atoms with Gasteiger partial charge in [0.2, 0.25) is 0 Å². The van der Waals surface area contributed by atoms with Gasteiger partial charge in [0, 0.05) is 38.3 Å². The summed E-state index contributed by atoms with van der Waals surface area (Å²) in [7, 11) is 1.70. The molecule has 1 aromatic carbocycles. The van der Waals surface area contributed by atoms with Crippen molar-refractivity contribution in [2.45, 2.75) is 58.5 Å². The Labute approximate surface area is 182 Å². The van der Waals surface area contributed by atoms with E-state index in [1.807, 2.05) is 12.1 Å². The second kappa shape index (κ2) is 13.2. The third-order valence-corrected chi connectivity index (χ3v) is 5.00. The molecule has 6 heteroatoms. The van der Waals surface area contributed by atoms with Crippen LogP contribution in [0, 0.1) is 0 Å². The Bertz CT molecular complexity index is 540. The van der Waals surface area contributed by atoms with E-state index in [1.54, 1.807) is 7.11 Å². The van der Waals surface area contributed by atoms with E-state index in [2.05, 4.69) is 48.4 Å². The predicted molar refractivity (Wildman–Crippen MR) is 126 cm³/mol. The van der Waals surface area contributed by atoms with Gasteiger partial charge in [-0.25, -0.2) is 0 Å². The van der Waals surface area contributed by atoms with Gasteiger partial charge in [-0.15, -0.1) is 24.0 Å². The highest BCUT2D eigenvalue weighted by molar-refractivity contribution is 14.0. The predicted octanol–water partition coefficient (Wildman–Crippen LogP) is 3.67. The van der Waals surface area contributed by atoms with Crippen molar-refractivity contribution in [1.29, 1.82) is 0 Å². The van der Waals surface area contributed by atoms with Gasteiger partial charge in [-0.2, -0.15) is 0 Å². The number of piperidine rings is 1. The molecular formula is C21H37IN4O. The maximum absolute atomic E-state index is 5.20. The zero-order valence-electron chi connectivity index (χ0n) is 17.3. The molecule has 0 unspecified atom stereocenters. The Hall–Kier alpha value is -1.02. The normalized spacial score (nSPS) is 16.1. The van der Waals surface area contributed by atoms with Gasteiger partial charge in [-0.1, -0.05) is 12.1 Å². The molecule has 1 saturated heterocycles. The lowest BCUT2D eigenvalue weighted by atomic mass is 10.0. The number of methoxy groups -OCH3 is 1. The van der Waals surface area contributed by atoms with Crippen molar-refractivity contribution < 1.29 is 4.74 Å². The van der Waals surface area contributed by atoms with Gasteiger partial charge < -0.3 is 20.3 Å². The third-order valence-electron chi connectivity index (χ3n) is 5.00. The number of aryl methyl sites for hydroxylation is 1. The number of nitrogens with one attached hydrogen (secondary N) is 2. The van der Waals surface area contributed by atoms with E-state index in [9.17, 15) is 0 Å². The molecule has 1 fully saturated rings. The second-order valence-electron chi connectivity index (χ2n) is 7.26. The van der Waals surface area contributed by atoms with Gasteiger partial charge in [-0.05, 0) is 64.2 Å². The van der Waals surface area contributed by atoms with Gasteiger partial charge in [0.15, 0.2) is 5.96 Å². The minimum absolute atomic E-state index is 0. The number of likely N-dealkylation sites (tertiary alicyclic amines) is 1. The smallest absolute Gasteiger partial charge is 0.191 e. The quantitative estimate of drug-likeness (QED) is 0.254. The molecule has 0 bridgehead atoms. The molecule has 0 radical (unpaired) electrons. The largest absolute Gasteiger partial charge is 0.497 e. The number of hydrogen-bond donors (Lipinski definition) is 2. The van der Waals surface area contributed by atoms with Crippen LogP contribution in [-0.4, -0.2) is 56.2 Å². The number of guanidine groups is 1. The summed E-state index contributed by atoms with van der Waals surface area (Å²) >= 11 is 0. The highest BCUT2D eigenvalue weighted by Crippen LogP contribution is 2.13. The lowest BCUT2D eigenvalue weighted by Crippen LogP contribution is -2.49. The van der Waals surface area contributed by atoms with Gasteiger partial charge in [0.05, 0.1) is 7.11 Å². The van der Waals surface area contributed by atoms with Crippen LogP contribution < -0.4 is 15.4 Å². The van der Waals surface area contributed by atoms with Crippen molar-refractivity contribution >= 4 is 29.9 Å². The van der Waals surface area contributed by atoms with E-state index in [1.165, 1.54) is 31.5 Å². The summed E-state index contributed by atoms with van der Waals surface area (Å²) in [5, 5.41) is 7.01. The van der Waals surface area contributed by atoms with E-state index in [-0.39, 0.29) is 24.0 Å². The molecule has 0 aromatic heterocycles. The van der Waals surface area contributed by atoms with Crippen LogP contribution in [0.15, 0.2) is 29.3 Å². The maximum Gasteiger partial charge on any atom is 0.191 e. The number of hydrogen-bond acceptors (Lipinski definition) is 3. The SMILES string of the molecule is CCNC(=NCCCc1ccc(OC)cc1)NC1CCN(C(C)C)CC1.I. The van der Waals surface area contributed by atoms with Crippen molar-refractivity contribution in [3.8, 4) is 5.75 Å². The van der Waals surface area contributed by atoms with Gasteiger partial charge in [0.25, 0.3) is 0 Å². The van der Waals surface area contributed by atoms with Crippen LogP contribution in [0.25, 0.3) is 0 Å². The standard InChI is InChI=1S/C21H36N4O.HI/c1-5-22-21(24-19-12-15-25(16-13-19)17(2)3)23-14-6-7-18-8-10-20(26-4)11-9-18;/h8-11,17,19H,5-7,12-16H2,1-4H3,(H2,22,23,24);1H. The lowest BCUT2D eigenvalue weighted by molar-refractivity contribution is 0.167. The number of rotatable bonds is 8. The van der Waals surface area contributed by atoms with Crippen molar-refractivity contribution in [1.82, 2.24) is 15.5 Å². The van der Waals surface area contributed by atoms with Crippen LogP contribution in [0.2, 0.25) is 0 Å². The van der Waals surface area contributed by atoms with Crippen molar-refractivity contribution in [3.05, 3.63) is 29.8 Å². The summed E-state index contributed by atoms with van der Waals surface area (Å²) in [6.07, 6.45) is 4.47. The van der Waals surface area contributed by atoms with Crippen LogP contribution in [0.4, 0.5) is 0 Å². The molecule has 2 N–H and O–H groups in total. The van der Waals surface area contributed by atoms with Crippen molar-refractivity contribution in [2.24, 2.45) is 4.99 Å². The van der Waals surface area contributed by atoms with Crippen molar-refractivity contribution in [3.63, 3.8) is 0 Å². The fourth-order valence-electron chi connectivity index (χ4n) is 3.34. The average molecular weight is 488 g/mol. The summed E-state index contributed by atoms with van der Waals surface area (Å²) in [5.41, 5.74) is 1.33. The molecule has 2 rings (SSSR count). The molecule has 1 aliphatic rings. The highest BCUT2D eigenvalue weighted by atomic mass is 127. The van der Waals surface area contributed by atoms with E-state index >= 15 is 0 Å². The highest BCUT2D eigenvalue weighted by Gasteiger charge is 2.21. The Balaban J connectivity index is 0.00000364. The van der Waals surface area contributed by atoms with Gasteiger partial charge >= 0.3 is 0 Å². The van der Waals surface area contributed by atoms with Crippen LogP contribution in [0.5, 0.6) is 5.75 Å². The van der Waals surface area contributed by atoms with Crippen LogP contribution in [0.3, 0.4) is 0 Å². The molecule has 0 amide bonds. The number of nitrogens with zero attached hydrogens (tertiary/aromatic N) is 2. The van der Waals surface area contributed by atoms with Gasteiger partial charge in [-0.3, -0.25) is 4.99 Å². The number of halogens is 1. The zero-order valence-corrected chi connectivity index (χ0v) is 19.7. The Morgan fingerprint density at radius 3 is 2.44 bits per heavy atom. The van der Waals surface area contributed by atoms with E-state index in [0.29, 0.717) is 12.1 Å². The molecule has 0 atom stereocenters. The van der Waals surface area contributed by atoms with Gasteiger partial charge in [0.1, 0.15) is 5.75 Å². The third kappa shape index (κ3) is 8.68. The zero-order chi connectivity index (χ0) is 18.8. The molecule has 27 heavy (non-hydrogen) atoms. The van der Waals surface area contributed by atoms with Crippen LogP contribution in [0.1, 0.15) is 45.6 Å². The topological polar surface area (TPSA) is 48.9 Å².